The Labute approximate surface area is 98.6 Å². The number of sulfone groups is 1. The first kappa shape index (κ1) is 11.7. The number of hydrogen-bond donors (Lipinski definition) is 0. The second-order valence-corrected chi connectivity index (χ2v) is 7.24. The average Bonchev–Trinajstić information content (AvgIpc) is 2.69. The molecular weight excluding hydrogens is 246 g/mol. The van der Waals surface area contributed by atoms with Crippen molar-refractivity contribution in [1.29, 1.82) is 0 Å². The van der Waals surface area contributed by atoms with Crippen LogP contribution in [-0.2, 0) is 21.1 Å². The standard InChI is InChI=1S/C10H13NO3S2/c12-9(5-8-6-11-7-15-8)10-3-1-2-4-16(10,13)14/h6-7,10H,1-5H2. The van der Waals surface area contributed by atoms with Crippen LogP contribution < -0.4 is 0 Å². The molecule has 4 nitrogen and oxygen atoms in total. The molecule has 1 unspecified atom stereocenters. The van der Waals surface area contributed by atoms with E-state index in [2.05, 4.69) is 4.98 Å². The summed E-state index contributed by atoms with van der Waals surface area (Å²) in [4.78, 5) is 16.6. The van der Waals surface area contributed by atoms with Crippen molar-refractivity contribution >= 4 is 27.0 Å². The van der Waals surface area contributed by atoms with Gasteiger partial charge in [0.1, 0.15) is 5.25 Å². The molecule has 1 aliphatic rings. The van der Waals surface area contributed by atoms with Crippen LogP contribution in [0.4, 0.5) is 0 Å². The van der Waals surface area contributed by atoms with Gasteiger partial charge in [0.05, 0.1) is 11.3 Å². The van der Waals surface area contributed by atoms with Crippen LogP contribution in [-0.4, -0.2) is 30.2 Å². The predicted molar refractivity (Wildman–Crippen MR) is 62.3 cm³/mol. The number of carbonyl (C=O) groups excluding carboxylic acids is 1. The molecule has 2 rings (SSSR count). The topological polar surface area (TPSA) is 64.1 Å². The molecule has 1 aliphatic heterocycles. The lowest BCUT2D eigenvalue weighted by Gasteiger charge is -2.20. The van der Waals surface area contributed by atoms with Crippen LogP contribution in [0.5, 0.6) is 0 Å². The fraction of sp³-hybridized carbons (Fsp3) is 0.600. The van der Waals surface area contributed by atoms with Crippen LogP contribution >= 0.6 is 11.3 Å². The highest BCUT2D eigenvalue weighted by molar-refractivity contribution is 7.92. The van der Waals surface area contributed by atoms with Gasteiger partial charge in [-0.1, -0.05) is 6.42 Å². The monoisotopic (exact) mass is 259 g/mol. The van der Waals surface area contributed by atoms with E-state index in [1.165, 1.54) is 11.3 Å². The summed E-state index contributed by atoms with van der Waals surface area (Å²) >= 11 is 1.39. The Morgan fingerprint density at radius 2 is 2.31 bits per heavy atom. The highest BCUT2D eigenvalue weighted by Crippen LogP contribution is 2.22. The molecule has 0 spiro atoms. The summed E-state index contributed by atoms with van der Waals surface area (Å²) in [6.45, 7) is 0. The number of rotatable bonds is 3. The third-order valence-electron chi connectivity index (χ3n) is 2.77. The molecule has 1 atom stereocenters. The molecule has 16 heavy (non-hydrogen) atoms. The molecular formula is C10H13NO3S2. The molecule has 0 radical (unpaired) electrons. The number of nitrogens with zero attached hydrogens (tertiary/aromatic N) is 1. The van der Waals surface area contributed by atoms with Crippen LogP contribution in [0, 0.1) is 0 Å². The van der Waals surface area contributed by atoms with Gasteiger partial charge in [0.15, 0.2) is 15.6 Å². The summed E-state index contributed by atoms with van der Waals surface area (Å²) in [7, 11) is -3.19. The average molecular weight is 259 g/mol. The number of thiazole rings is 1. The van der Waals surface area contributed by atoms with Crippen molar-refractivity contribution < 1.29 is 13.2 Å². The largest absolute Gasteiger partial charge is 0.298 e. The molecule has 0 amide bonds. The molecule has 0 aliphatic carbocycles. The van der Waals surface area contributed by atoms with Gasteiger partial charge in [-0.25, -0.2) is 8.42 Å². The van der Waals surface area contributed by atoms with Gasteiger partial charge in [0.2, 0.25) is 0 Å². The minimum absolute atomic E-state index is 0.159. The summed E-state index contributed by atoms with van der Waals surface area (Å²) < 4.78 is 23.4. The van der Waals surface area contributed by atoms with Crippen molar-refractivity contribution in [2.75, 3.05) is 5.75 Å². The molecule has 0 bridgehead atoms. The van der Waals surface area contributed by atoms with Crippen LogP contribution in [0.3, 0.4) is 0 Å². The molecule has 0 aromatic carbocycles. The summed E-state index contributed by atoms with van der Waals surface area (Å²) in [6, 6.07) is 0. The smallest absolute Gasteiger partial charge is 0.160 e. The second kappa shape index (κ2) is 4.63. The van der Waals surface area contributed by atoms with Gasteiger partial charge in [0, 0.05) is 17.5 Å². The third kappa shape index (κ3) is 2.49. The van der Waals surface area contributed by atoms with Gasteiger partial charge >= 0.3 is 0 Å². The molecule has 1 fully saturated rings. The number of hydrogen-bond acceptors (Lipinski definition) is 5. The summed E-state index contributed by atoms with van der Waals surface area (Å²) in [5, 5.41) is -0.775. The minimum atomic E-state index is -3.19. The number of carbonyl (C=O) groups is 1. The molecule has 1 aromatic rings. The van der Waals surface area contributed by atoms with Gasteiger partial charge < -0.3 is 0 Å². The first-order valence-corrected chi connectivity index (χ1v) is 7.81. The summed E-state index contributed by atoms with van der Waals surface area (Å²) in [6.07, 6.45) is 3.83. The Morgan fingerprint density at radius 3 is 2.94 bits per heavy atom. The maximum absolute atomic E-state index is 11.9. The fourth-order valence-corrected chi connectivity index (χ4v) is 4.44. The van der Waals surface area contributed by atoms with E-state index >= 15 is 0 Å². The Bertz CT molecular complexity index is 464. The second-order valence-electron chi connectivity index (χ2n) is 3.96. The Morgan fingerprint density at radius 1 is 1.50 bits per heavy atom. The van der Waals surface area contributed by atoms with Crippen molar-refractivity contribution in [2.24, 2.45) is 0 Å². The first-order chi connectivity index (χ1) is 7.59. The normalized spacial score (nSPS) is 24.1. The van der Waals surface area contributed by atoms with Crippen LogP contribution in [0.15, 0.2) is 11.7 Å². The van der Waals surface area contributed by atoms with E-state index in [4.69, 9.17) is 0 Å². The van der Waals surface area contributed by atoms with Crippen molar-refractivity contribution in [3.63, 3.8) is 0 Å². The first-order valence-electron chi connectivity index (χ1n) is 5.21. The van der Waals surface area contributed by atoms with E-state index in [-0.39, 0.29) is 18.0 Å². The zero-order valence-corrected chi connectivity index (χ0v) is 10.4. The number of Topliss-reactive ketones (excluding diaryl/α,β-unsaturated/α-hetero) is 1. The van der Waals surface area contributed by atoms with Gasteiger partial charge in [-0.15, -0.1) is 11.3 Å². The Kier molecular flexibility index (Phi) is 3.39. The van der Waals surface area contributed by atoms with Gasteiger partial charge in [-0.05, 0) is 12.8 Å². The lowest BCUT2D eigenvalue weighted by Crippen LogP contribution is -2.36. The van der Waals surface area contributed by atoms with Crippen molar-refractivity contribution in [2.45, 2.75) is 30.9 Å². The highest BCUT2D eigenvalue weighted by Gasteiger charge is 2.34. The lowest BCUT2D eigenvalue weighted by molar-refractivity contribution is -0.118. The van der Waals surface area contributed by atoms with E-state index in [9.17, 15) is 13.2 Å². The molecule has 6 heteroatoms. The quantitative estimate of drug-likeness (QED) is 0.818. The molecule has 0 saturated carbocycles. The van der Waals surface area contributed by atoms with Crippen LogP contribution in [0.1, 0.15) is 24.1 Å². The zero-order valence-electron chi connectivity index (χ0n) is 8.76. The summed E-state index contributed by atoms with van der Waals surface area (Å²) in [5.74, 6) is -0.0181. The van der Waals surface area contributed by atoms with Crippen LogP contribution in [0.2, 0.25) is 0 Å². The molecule has 1 aromatic heterocycles. The summed E-state index contributed by atoms with van der Waals surface area (Å²) in [5.41, 5.74) is 1.65. The molecule has 1 saturated heterocycles. The van der Waals surface area contributed by atoms with E-state index < -0.39 is 15.1 Å². The van der Waals surface area contributed by atoms with Gasteiger partial charge in [-0.3, -0.25) is 9.78 Å². The predicted octanol–water partition coefficient (Wildman–Crippen LogP) is 1.22. The molecule has 0 N–H and O–H groups in total. The maximum atomic E-state index is 11.9. The lowest BCUT2D eigenvalue weighted by atomic mass is 10.1. The fourth-order valence-electron chi connectivity index (χ4n) is 1.93. The van der Waals surface area contributed by atoms with Crippen molar-refractivity contribution in [1.82, 2.24) is 4.98 Å². The van der Waals surface area contributed by atoms with E-state index in [1.54, 1.807) is 11.7 Å². The third-order valence-corrected chi connectivity index (χ3v) is 5.77. The number of ketones is 1. The van der Waals surface area contributed by atoms with E-state index in [1.807, 2.05) is 0 Å². The SMILES string of the molecule is O=C(Cc1cncs1)C1CCCCS1(=O)=O. The molecule has 88 valence electrons. The van der Waals surface area contributed by atoms with Gasteiger partial charge in [0.25, 0.3) is 0 Å². The van der Waals surface area contributed by atoms with Gasteiger partial charge in [-0.2, -0.15) is 0 Å². The zero-order chi connectivity index (χ0) is 11.6. The Balaban J connectivity index is 2.09. The van der Waals surface area contributed by atoms with E-state index in [0.29, 0.717) is 12.8 Å². The number of aromatic nitrogens is 1. The molecule has 2 heterocycles. The van der Waals surface area contributed by atoms with Crippen LogP contribution in [0.25, 0.3) is 0 Å². The maximum Gasteiger partial charge on any atom is 0.160 e. The highest BCUT2D eigenvalue weighted by atomic mass is 32.2. The van der Waals surface area contributed by atoms with Crippen molar-refractivity contribution in [3.8, 4) is 0 Å². The minimum Gasteiger partial charge on any atom is -0.298 e. The van der Waals surface area contributed by atoms with Crippen molar-refractivity contribution in [3.05, 3.63) is 16.6 Å². The Hall–Kier alpha value is -0.750. The van der Waals surface area contributed by atoms with E-state index in [0.717, 1.165) is 11.3 Å².